The molecular weight excluding hydrogens is 328 g/mol. The number of carbonyl (C=O) groups excluding carboxylic acids is 2. The molecular formula is C22H25O4-. The van der Waals surface area contributed by atoms with Crippen molar-refractivity contribution in [1.82, 2.24) is 0 Å². The number of esters is 1. The average molecular weight is 353 g/mol. The smallest absolute Gasteiger partial charge is 0.338 e. The van der Waals surface area contributed by atoms with Gasteiger partial charge in [0, 0.05) is 5.41 Å². The van der Waals surface area contributed by atoms with Crippen molar-refractivity contribution in [1.29, 1.82) is 0 Å². The van der Waals surface area contributed by atoms with Gasteiger partial charge >= 0.3 is 5.97 Å². The first kappa shape index (κ1) is 19.7. The van der Waals surface area contributed by atoms with Crippen molar-refractivity contribution in [2.75, 3.05) is 0 Å². The Hall–Kier alpha value is -2.62. The normalized spacial score (nSPS) is 13.1. The fraction of sp³-hybridized carbons (Fsp3) is 0.364. The van der Waals surface area contributed by atoms with Gasteiger partial charge < -0.3 is 9.84 Å². The Balaban J connectivity index is 2.42. The lowest BCUT2D eigenvalue weighted by atomic mass is 9.70. The van der Waals surface area contributed by atoms with Crippen LogP contribution in [0.3, 0.4) is 0 Å². The summed E-state index contributed by atoms with van der Waals surface area (Å²) in [5.74, 6) is -0.892. The van der Waals surface area contributed by atoms with E-state index in [4.69, 9.17) is 4.74 Å². The number of rotatable bonds is 5. The van der Waals surface area contributed by atoms with Crippen molar-refractivity contribution in [2.24, 2.45) is 10.8 Å². The maximum atomic E-state index is 13.0. The van der Waals surface area contributed by atoms with Gasteiger partial charge in [-0.15, -0.1) is 5.75 Å². The SMILES string of the molecule is CC(C)(C)C(=O)C(C)(C)C(OC(=O)c1cccc([O-])c1)c1ccccc1. The molecule has 138 valence electrons. The first-order valence-electron chi connectivity index (χ1n) is 8.61. The van der Waals surface area contributed by atoms with E-state index in [0.29, 0.717) is 0 Å². The van der Waals surface area contributed by atoms with Gasteiger partial charge in [-0.25, -0.2) is 4.79 Å². The van der Waals surface area contributed by atoms with Crippen molar-refractivity contribution in [3.8, 4) is 5.75 Å². The van der Waals surface area contributed by atoms with Crippen LogP contribution < -0.4 is 5.11 Å². The predicted octanol–water partition coefficient (Wildman–Crippen LogP) is 4.30. The van der Waals surface area contributed by atoms with E-state index in [1.807, 2.05) is 51.1 Å². The Morgan fingerprint density at radius 2 is 1.54 bits per heavy atom. The molecule has 0 aliphatic carbocycles. The van der Waals surface area contributed by atoms with Crippen LogP contribution in [0.25, 0.3) is 0 Å². The molecule has 1 unspecified atom stereocenters. The quantitative estimate of drug-likeness (QED) is 0.752. The van der Waals surface area contributed by atoms with E-state index in [1.54, 1.807) is 13.8 Å². The number of hydrogen-bond acceptors (Lipinski definition) is 4. The molecule has 0 bridgehead atoms. The average Bonchev–Trinajstić information content (AvgIpc) is 2.58. The Morgan fingerprint density at radius 1 is 0.923 bits per heavy atom. The summed E-state index contributed by atoms with van der Waals surface area (Å²) in [5, 5.41) is 11.5. The van der Waals surface area contributed by atoms with E-state index in [2.05, 4.69) is 0 Å². The summed E-state index contributed by atoms with van der Waals surface area (Å²) in [4.78, 5) is 25.7. The Bertz CT molecular complexity index is 785. The van der Waals surface area contributed by atoms with E-state index in [-0.39, 0.29) is 17.1 Å². The molecule has 0 saturated carbocycles. The fourth-order valence-corrected chi connectivity index (χ4v) is 3.14. The van der Waals surface area contributed by atoms with Crippen LogP contribution in [0.2, 0.25) is 0 Å². The summed E-state index contributed by atoms with van der Waals surface area (Å²) in [7, 11) is 0. The van der Waals surface area contributed by atoms with Crippen LogP contribution in [0.4, 0.5) is 0 Å². The molecule has 4 nitrogen and oxygen atoms in total. The number of hydrogen-bond donors (Lipinski definition) is 0. The molecule has 0 aliphatic rings. The third kappa shape index (κ3) is 4.31. The van der Waals surface area contributed by atoms with E-state index >= 15 is 0 Å². The van der Waals surface area contributed by atoms with E-state index in [1.165, 1.54) is 24.3 Å². The highest BCUT2D eigenvalue weighted by atomic mass is 16.5. The molecule has 0 saturated heterocycles. The summed E-state index contributed by atoms with van der Waals surface area (Å²) in [6.45, 7) is 9.12. The minimum Gasteiger partial charge on any atom is -0.872 e. The molecule has 0 heterocycles. The second kappa shape index (κ2) is 7.32. The zero-order valence-corrected chi connectivity index (χ0v) is 15.9. The summed E-state index contributed by atoms with van der Waals surface area (Å²) in [5.41, 5.74) is -0.610. The third-order valence-electron chi connectivity index (χ3n) is 4.32. The lowest BCUT2D eigenvalue weighted by Gasteiger charge is -2.37. The largest absolute Gasteiger partial charge is 0.872 e. The van der Waals surface area contributed by atoms with Crippen molar-refractivity contribution in [2.45, 2.75) is 40.7 Å². The number of ketones is 1. The van der Waals surface area contributed by atoms with E-state index in [0.717, 1.165) is 5.56 Å². The van der Waals surface area contributed by atoms with Crippen molar-refractivity contribution in [3.63, 3.8) is 0 Å². The van der Waals surface area contributed by atoms with Crippen LogP contribution in [-0.2, 0) is 9.53 Å². The Morgan fingerprint density at radius 3 is 2.08 bits per heavy atom. The first-order valence-corrected chi connectivity index (χ1v) is 8.61. The molecule has 0 aromatic heterocycles. The highest BCUT2D eigenvalue weighted by Gasteiger charge is 2.44. The zero-order chi connectivity index (χ0) is 19.5. The Labute approximate surface area is 154 Å². The van der Waals surface area contributed by atoms with Gasteiger partial charge in [0.15, 0.2) is 0 Å². The van der Waals surface area contributed by atoms with Gasteiger partial charge in [-0.05, 0) is 25.5 Å². The standard InChI is InChI=1S/C22H26O4/c1-21(2,3)20(25)22(4,5)18(15-10-7-6-8-11-15)26-19(24)16-12-9-13-17(23)14-16/h6-14,18,23H,1-5H3/p-1. The van der Waals surface area contributed by atoms with Crippen molar-refractivity contribution < 1.29 is 19.4 Å². The molecule has 0 spiro atoms. The lowest BCUT2D eigenvalue weighted by Crippen LogP contribution is -2.41. The van der Waals surface area contributed by atoms with Gasteiger partial charge in [0.05, 0.1) is 11.0 Å². The molecule has 0 aliphatic heterocycles. The van der Waals surface area contributed by atoms with Gasteiger partial charge in [-0.2, -0.15) is 0 Å². The van der Waals surface area contributed by atoms with Crippen LogP contribution in [0.1, 0.15) is 56.6 Å². The van der Waals surface area contributed by atoms with Crippen molar-refractivity contribution >= 4 is 11.8 Å². The van der Waals surface area contributed by atoms with Gasteiger partial charge in [0.25, 0.3) is 0 Å². The van der Waals surface area contributed by atoms with Crippen LogP contribution in [0.15, 0.2) is 54.6 Å². The summed E-state index contributed by atoms with van der Waals surface area (Å²) < 4.78 is 5.76. The zero-order valence-electron chi connectivity index (χ0n) is 15.9. The monoisotopic (exact) mass is 353 g/mol. The van der Waals surface area contributed by atoms with Crippen LogP contribution in [0.5, 0.6) is 5.75 Å². The van der Waals surface area contributed by atoms with Crippen molar-refractivity contribution in [3.05, 3.63) is 65.7 Å². The summed E-state index contributed by atoms with van der Waals surface area (Å²) >= 11 is 0. The number of ether oxygens (including phenoxy) is 1. The summed E-state index contributed by atoms with van der Waals surface area (Å²) in [6.07, 6.45) is -0.766. The van der Waals surface area contributed by atoms with Crippen LogP contribution >= 0.6 is 0 Å². The molecule has 4 heteroatoms. The van der Waals surface area contributed by atoms with Gasteiger partial charge in [-0.1, -0.05) is 69.3 Å². The maximum absolute atomic E-state index is 13.0. The number of Topliss-reactive ketones (excluding diaryl/α,β-unsaturated/α-hetero) is 1. The van der Waals surface area contributed by atoms with Gasteiger partial charge in [-0.3, -0.25) is 4.79 Å². The number of carbonyl (C=O) groups is 2. The summed E-state index contributed by atoms with van der Waals surface area (Å²) in [6, 6.07) is 14.9. The first-order chi connectivity index (χ1) is 12.0. The fourth-order valence-electron chi connectivity index (χ4n) is 3.14. The Kier molecular flexibility index (Phi) is 5.55. The highest BCUT2D eigenvalue weighted by Crippen LogP contribution is 2.42. The molecule has 2 rings (SSSR count). The molecule has 2 aromatic rings. The highest BCUT2D eigenvalue weighted by molar-refractivity contribution is 5.92. The minimum atomic E-state index is -0.940. The molecule has 26 heavy (non-hydrogen) atoms. The second-order valence-electron chi connectivity index (χ2n) is 8.02. The maximum Gasteiger partial charge on any atom is 0.338 e. The predicted molar refractivity (Wildman–Crippen MR) is 98.7 cm³/mol. The topological polar surface area (TPSA) is 66.4 Å². The van der Waals surface area contributed by atoms with E-state index in [9.17, 15) is 14.7 Å². The molecule has 0 amide bonds. The lowest BCUT2D eigenvalue weighted by molar-refractivity contribution is -0.268. The molecule has 2 aromatic carbocycles. The molecule has 0 N–H and O–H groups in total. The molecule has 1 atom stereocenters. The third-order valence-corrected chi connectivity index (χ3v) is 4.32. The van der Waals surface area contributed by atoms with Crippen LogP contribution in [-0.4, -0.2) is 11.8 Å². The van der Waals surface area contributed by atoms with Crippen LogP contribution in [0, 0.1) is 10.8 Å². The van der Waals surface area contributed by atoms with Gasteiger partial charge in [0.1, 0.15) is 11.9 Å². The number of benzene rings is 2. The van der Waals surface area contributed by atoms with E-state index < -0.39 is 22.9 Å². The second-order valence-corrected chi connectivity index (χ2v) is 8.02. The molecule has 0 radical (unpaired) electrons. The van der Waals surface area contributed by atoms with Gasteiger partial charge in [0.2, 0.25) is 0 Å². The molecule has 0 fully saturated rings. The minimum absolute atomic E-state index is 0.00997.